The summed E-state index contributed by atoms with van der Waals surface area (Å²) in [5.41, 5.74) is 4.18. The fraction of sp³-hybridized carbons (Fsp3) is 0.136. The molecule has 0 spiro atoms. The molecule has 0 aliphatic heterocycles. The highest BCUT2D eigenvalue weighted by atomic mass is 16.5. The number of nitrogens with one attached hydrogen (secondary N) is 1. The third-order valence-corrected chi connectivity index (χ3v) is 4.23. The van der Waals surface area contributed by atoms with Gasteiger partial charge in [-0.1, -0.05) is 36.4 Å². The van der Waals surface area contributed by atoms with E-state index in [1.165, 1.54) is 11.1 Å². The van der Waals surface area contributed by atoms with Gasteiger partial charge in [0.05, 0.1) is 18.4 Å². The van der Waals surface area contributed by atoms with Gasteiger partial charge in [-0.2, -0.15) is 0 Å². The highest BCUT2D eigenvalue weighted by Crippen LogP contribution is 2.22. The number of para-hydroxylation sites is 1. The molecule has 3 aromatic rings. The summed E-state index contributed by atoms with van der Waals surface area (Å²) in [5.74, 6) is -0.0675. The topological polar surface area (TPSA) is 58.6 Å². The van der Waals surface area contributed by atoms with E-state index in [2.05, 4.69) is 29.6 Å². The van der Waals surface area contributed by atoms with Gasteiger partial charge in [0, 0.05) is 5.69 Å². The van der Waals surface area contributed by atoms with Gasteiger partial charge in [-0.05, 0) is 60.4 Å². The van der Waals surface area contributed by atoms with Crippen LogP contribution >= 0.6 is 0 Å². The highest BCUT2D eigenvalue weighted by Gasteiger charge is 2.08. The lowest BCUT2D eigenvalue weighted by Crippen LogP contribution is -2.02. The summed E-state index contributed by atoms with van der Waals surface area (Å²) < 4.78 is 5.26. The van der Waals surface area contributed by atoms with Crippen LogP contribution in [-0.4, -0.2) is 18.2 Å². The Kier molecular flexibility index (Phi) is 5.54. The molecule has 132 valence electrons. The molecule has 0 saturated carbocycles. The number of anilines is 2. The van der Waals surface area contributed by atoms with Crippen LogP contribution in [0.5, 0.6) is 5.75 Å². The maximum atomic E-state index is 11.3. The second kappa shape index (κ2) is 8.21. The molecule has 0 radical (unpaired) electrons. The number of carboxylic acid groups (broad SMARTS) is 1. The van der Waals surface area contributed by atoms with Crippen molar-refractivity contribution < 1.29 is 14.6 Å². The van der Waals surface area contributed by atoms with Crippen LogP contribution in [0.15, 0.2) is 72.8 Å². The molecule has 4 heteroatoms. The van der Waals surface area contributed by atoms with Crippen LogP contribution in [0, 0.1) is 0 Å². The van der Waals surface area contributed by atoms with Crippen LogP contribution in [0.4, 0.5) is 11.4 Å². The molecule has 0 saturated heterocycles. The third kappa shape index (κ3) is 4.42. The Morgan fingerprint density at radius 3 is 2.38 bits per heavy atom. The van der Waals surface area contributed by atoms with Gasteiger partial charge in [-0.3, -0.25) is 0 Å². The zero-order chi connectivity index (χ0) is 18.4. The van der Waals surface area contributed by atoms with E-state index in [1.54, 1.807) is 25.3 Å². The normalized spacial score (nSPS) is 10.3. The SMILES string of the molecule is COc1cccc(CCc2ccc(Nc3ccccc3C(=O)O)cc2)c1. The molecule has 0 aromatic heterocycles. The number of benzene rings is 3. The lowest BCUT2D eigenvalue weighted by atomic mass is 10.0. The molecular weight excluding hydrogens is 326 g/mol. The monoisotopic (exact) mass is 347 g/mol. The van der Waals surface area contributed by atoms with Gasteiger partial charge in [0.1, 0.15) is 5.75 Å². The number of ether oxygens (including phenoxy) is 1. The van der Waals surface area contributed by atoms with E-state index in [-0.39, 0.29) is 5.56 Å². The molecule has 26 heavy (non-hydrogen) atoms. The second-order valence-electron chi connectivity index (χ2n) is 6.02. The molecule has 0 aliphatic rings. The molecule has 0 fully saturated rings. The van der Waals surface area contributed by atoms with Crippen LogP contribution in [-0.2, 0) is 12.8 Å². The Hall–Kier alpha value is -3.27. The number of methoxy groups -OCH3 is 1. The lowest BCUT2D eigenvalue weighted by molar-refractivity contribution is 0.0698. The summed E-state index contributed by atoms with van der Waals surface area (Å²) in [4.78, 5) is 11.3. The second-order valence-corrected chi connectivity index (χ2v) is 6.02. The molecule has 0 amide bonds. The van der Waals surface area contributed by atoms with Gasteiger partial charge >= 0.3 is 5.97 Å². The maximum absolute atomic E-state index is 11.3. The van der Waals surface area contributed by atoms with Crippen molar-refractivity contribution >= 4 is 17.3 Å². The summed E-state index contributed by atoms with van der Waals surface area (Å²) in [7, 11) is 1.67. The largest absolute Gasteiger partial charge is 0.497 e. The molecule has 0 heterocycles. The number of hydrogen-bond acceptors (Lipinski definition) is 3. The molecule has 0 bridgehead atoms. The summed E-state index contributed by atoms with van der Waals surface area (Å²) >= 11 is 0. The fourth-order valence-electron chi connectivity index (χ4n) is 2.81. The summed E-state index contributed by atoms with van der Waals surface area (Å²) in [6.07, 6.45) is 1.87. The first-order valence-electron chi connectivity index (χ1n) is 8.47. The molecule has 2 N–H and O–H groups in total. The molecule has 0 atom stereocenters. The van der Waals surface area contributed by atoms with Crippen molar-refractivity contribution in [1.82, 2.24) is 0 Å². The molecule has 0 aliphatic carbocycles. The van der Waals surface area contributed by atoms with E-state index in [4.69, 9.17) is 4.74 Å². The summed E-state index contributed by atoms with van der Waals surface area (Å²) in [6, 6.07) is 23.1. The number of aryl methyl sites for hydroxylation is 2. The van der Waals surface area contributed by atoms with Gasteiger partial charge in [0.25, 0.3) is 0 Å². The number of rotatable bonds is 7. The average molecular weight is 347 g/mol. The predicted molar refractivity (Wildman–Crippen MR) is 104 cm³/mol. The van der Waals surface area contributed by atoms with Crippen molar-refractivity contribution in [1.29, 1.82) is 0 Å². The van der Waals surface area contributed by atoms with Crippen molar-refractivity contribution in [2.45, 2.75) is 12.8 Å². The minimum Gasteiger partial charge on any atom is -0.497 e. The molecule has 3 rings (SSSR count). The summed E-state index contributed by atoms with van der Waals surface area (Å²) in [5, 5.41) is 12.4. The molecule has 3 aromatic carbocycles. The standard InChI is InChI=1S/C22H21NO3/c1-26-19-6-4-5-17(15-19)10-9-16-11-13-18(14-12-16)23-21-8-3-2-7-20(21)22(24)25/h2-8,11-15,23H,9-10H2,1H3,(H,24,25). The van der Waals surface area contributed by atoms with Crippen LogP contribution in [0.25, 0.3) is 0 Å². The van der Waals surface area contributed by atoms with E-state index < -0.39 is 5.97 Å². The third-order valence-electron chi connectivity index (χ3n) is 4.23. The predicted octanol–water partition coefficient (Wildman–Crippen LogP) is 4.92. The first-order chi connectivity index (χ1) is 12.7. The van der Waals surface area contributed by atoms with Crippen LogP contribution in [0.2, 0.25) is 0 Å². The highest BCUT2D eigenvalue weighted by molar-refractivity contribution is 5.95. The lowest BCUT2D eigenvalue weighted by Gasteiger charge is -2.10. The number of carboxylic acids is 1. The molecule has 4 nitrogen and oxygen atoms in total. The van der Waals surface area contributed by atoms with E-state index in [0.717, 1.165) is 24.3 Å². The molecule has 0 unspecified atom stereocenters. The number of hydrogen-bond donors (Lipinski definition) is 2. The van der Waals surface area contributed by atoms with Crippen molar-refractivity contribution in [2.24, 2.45) is 0 Å². The minimum atomic E-state index is -0.942. The first kappa shape index (κ1) is 17.5. The van der Waals surface area contributed by atoms with Crippen LogP contribution < -0.4 is 10.1 Å². The Bertz CT molecular complexity index is 888. The van der Waals surface area contributed by atoms with Gasteiger partial charge in [-0.15, -0.1) is 0 Å². The Morgan fingerprint density at radius 2 is 1.65 bits per heavy atom. The first-order valence-corrected chi connectivity index (χ1v) is 8.47. The average Bonchev–Trinajstić information content (AvgIpc) is 2.68. The minimum absolute atomic E-state index is 0.259. The zero-order valence-corrected chi connectivity index (χ0v) is 14.6. The van der Waals surface area contributed by atoms with Crippen molar-refractivity contribution in [2.75, 3.05) is 12.4 Å². The number of carbonyl (C=O) groups is 1. The summed E-state index contributed by atoms with van der Waals surface area (Å²) in [6.45, 7) is 0. The van der Waals surface area contributed by atoms with Crippen molar-refractivity contribution in [3.63, 3.8) is 0 Å². The van der Waals surface area contributed by atoms with E-state index in [1.807, 2.05) is 30.3 Å². The van der Waals surface area contributed by atoms with Gasteiger partial charge in [-0.25, -0.2) is 4.79 Å². The maximum Gasteiger partial charge on any atom is 0.337 e. The zero-order valence-electron chi connectivity index (χ0n) is 14.6. The quantitative estimate of drug-likeness (QED) is 0.637. The fourth-order valence-corrected chi connectivity index (χ4v) is 2.81. The van der Waals surface area contributed by atoms with E-state index >= 15 is 0 Å². The van der Waals surface area contributed by atoms with Crippen LogP contribution in [0.3, 0.4) is 0 Å². The van der Waals surface area contributed by atoms with E-state index in [0.29, 0.717) is 5.69 Å². The Labute approximate surface area is 153 Å². The van der Waals surface area contributed by atoms with Gasteiger partial charge < -0.3 is 15.2 Å². The van der Waals surface area contributed by atoms with Crippen molar-refractivity contribution in [3.8, 4) is 5.75 Å². The number of aromatic carboxylic acids is 1. The van der Waals surface area contributed by atoms with E-state index in [9.17, 15) is 9.90 Å². The van der Waals surface area contributed by atoms with Gasteiger partial charge in [0.15, 0.2) is 0 Å². The van der Waals surface area contributed by atoms with Crippen molar-refractivity contribution in [3.05, 3.63) is 89.5 Å². The van der Waals surface area contributed by atoms with Crippen LogP contribution in [0.1, 0.15) is 21.5 Å². The molecular formula is C22H21NO3. The smallest absolute Gasteiger partial charge is 0.337 e. The van der Waals surface area contributed by atoms with Gasteiger partial charge in [0.2, 0.25) is 0 Å². The Morgan fingerprint density at radius 1 is 0.923 bits per heavy atom. The Balaban J connectivity index is 1.64.